The van der Waals surface area contributed by atoms with Gasteiger partial charge in [-0.05, 0) is 56.5 Å². The number of nitrogens with one attached hydrogen (secondary N) is 1. The molecule has 3 heterocycles. The average Bonchev–Trinajstić information content (AvgIpc) is 3.16. The van der Waals surface area contributed by atoms with Gasteiger partial charge in [0.15, 0.2) is 0 Å². The maximum atomic E-state index is 13.3. The van der Waals surface area contributed by atoms with E-state index in [-0.39, 0.29) is 17.9 Å². The zero-order chi connectivity index (χ0) is 23.0. The van der Waals surface area contributed by atoms with E-state index in [1.165, 1.54) is 4.90 Å². The molecule has 0 aliphatic carbocycles. The van der Waals surface area contributed by atoms with E-state index in [2.05, 4.69) is 15.3 Å². The minimum atomic E-state index is -0.938. The quantitative estimate of drug-likeness (QED) is 0.672. The molecule has 2 saturated heterocycles. The molecular formula is C23H30ClN5O3. The summed E-state index contributed by atoms with van der Waals surface area (Å²) >= 11 is 6.42. The number of benzene rings is 1. The van der Waals surface area contributed by atoms with Crippen LogP contribution in [0.1, 0.15) is 29.7 Å². The third-order valence-electron chi connectivity index (χ3n) is 6.87. The molecule has 2 aliphatic heterocycles. The number of halogens is 1. The summed E-state index contributed by atoms with van der Waals surface area (Å²) in [5.74, 6) is 0.619. The summed E-state index contributed by atoms with van der Waals surface area (Å²) < 4.78 is 7.05. The highest BCUT2D eigenvalue weighted by Gasteiger charge is 2.54. The first-order chi connectivity index (χ1) is 15.2. The standard InChI is InChI=1S/C23H30ClN5O3/c1-15-19(20(24)28(3)26-15)14-29-10-8-17(9-11-29)23(21(30)27(2)22(31)25-23)13-16-6-5-7-18(12-16)32-4/h5-7,12,17H,8-11,13-14H2,1-4H3,(H,25,31)/t23-/m0/s1. The zero-order valence-corrected chi connectivity index (χ0v) is 19.8. The van der Waals surface area contributed by atoms with Gasteiger partial charge in [-0.25, -0.2) is 4.79 Å². The molecule has 1 aromatic heterocycles. The molecule has 2 fully saturated rings. The molecule has 2 aliphatic rings. The number of carbonyl (C=O) groups excluding carboxylic acids is 2. The van der Waals surface area contributed by atoms with Crippen molar-refractivity contribution in [3.8, 4) is 5.75 Å². The lowest BCUT2D eigenvalue weighted by molar-refractivity contribution is -0.133. The van der Waals surface area contributed by atoms with E-state index in [9.17, 15) is 9.59 Å². The molecule has 32 heavy (non-hydrogen) atoms. The minimum Gasteiger partial charge on any atom is -0.497 e. The van der Waals surface area contributed by atoms with Crippen molar-refractivity contribution >= 4 is 23.5 Å². The van der Waals surface area contributed by atoms with Gasteiger partial charge in [-0.1, -0.05) is 23.7 Å². The van der Waals surface area contributed by atoms with Crippen LogP contribution >= 0.6 is 11.6 Å². The van der Waals surface area contributed by atoms with Crippen molar-refractivity contribution in [2.24, 2.45) is 13.0 Å². The molecule has 8 nitrogen and oxygen atoms in total. The van der Waals surface area contributed by atoms with Crippen LogP contribution in [0.3, 0.4) is 0 Å². The minimum absolute atomic E-state index is 0.0387. The summed E-state index contributed by atoms with van der Waals surface area (Å²) in [6.45, 7) is 4.35. The normalized spacial score (nSPS) is 22.5. The van der Waals surface area contributed by atoms with Crippen molar-refractivity contribution in [3.05, 3.63) is 46.2 Å². The molecule has 0 unspecified atom stereocenters. The summed E-state index contributed by atoms with van der Waals surface area (Å²) in [6.07, 6.45) is 2.05. The molecule has 0 spiro atoms. The number of aromatic nitrogens is 2. The Hall–Kier alpha value is -2.58. The van der Waals surface area contributed by atoms with E-state index in [1.807, 2.05) is 38.2 Å². The maximum Gasteiger partial charge on any atom is 0.324 e. The second kappa shape index (κ2) is 8.75. The van der Waals surface area contributed by atoms with Crippen molar-refractivity contribution in [1.29, 1.82) is 0 Å². The van der Waals surface area contributed by atoms with Gasteiger partial charge in [-0.2, -0.15) is 5.10 Å². The molecule has 0 radical (unpaired) electrons. The fourth-order valence-electron chi connectivity index (χ4n) is 5.03. The maximum absolute atomic E-state index is 13.3. The van der Waals surface area contributed by atoms with E-state index in [0.717, 1.165) is 55.0 Å². The van der Waals surface area contributed by atoms with Crippen LogP contribution in [0.2, 0.25) is 5.15 Å². The van der Waals surface area contributed by atoms with Crippen LogP contribution in [-0.4, -0.2) is 64.3 Å². The molecule has 4 rings (SSSR count). The smallest absolute Gasteiger partial charge is 0.324 e. The Kier molecular flexibility index (Phi) is 6.18. The summed E-state index contributed by atoms with van der Waals surface area (Å²) in [7, 11) is 5.02. The number of hydrogen-bond donors (Lipinski definition) is 1. The monoisotopic (exact) mass is 459 g/mol. The lowest BCUT2D eigenvalue weighted by Crippen LogP contribution is -2.57. The molecule has 1 atom stereocenters. The van der Waals surface area contributed by atoms with Gasteiger partial charge < -0.3 is 10.1 Å². The fourth-order valence-corrected chi connectivity index (χ4v) is 5.26. The molecule has 172 valence electrons. The number of likely N-dealkylation sites (tertiary alicyclic amines) is 1. The molecule has 9 heteroatoms. The lowest BCUT2D eigenvalue weighted by atomic mass is 9.74. The van der Waals surface area contributed by atoms with Crippen LogP contribution in [0, 0.1) is 12.8 Å². The Balaban J connectivity index is 1.53. The predicted molar refractivity (Wildman–Crippen MR) is 122 cm³/mol. The number of methoxy groups -OCH3 is 1. The number of carbonyl (C=O) groups is 2. The number of likely N-dealkylation sites (N-methyl/N-ethyl adjacent to an activating group) is 1. The first-order valence-corrected chi connectivity index (χ1v) is 11.3. The number of rotatable bonds is 6. The summed E-state index contributed by atoms with van der Waals surface area (Å²) in [5, 5.41) is 8.12. The Morgan fingerprint density at radius 1 is 1.25 bits per heavy atom. The number of nitrogens with zero attached hydrogens (tertiary/aromatic N) is 4. The highest BCUT2D eigenvalue weighted by molar-refractivity contribution is 6.30. The predicted octanol–water partition coefficient (Wildman–Crippen LogP) is 2.77. The Bertz CT molecular complexity index is 1030. The topological polar surface area (TPSA) is 79.7 Å². The highest BCUT2D eigenvalue weighted by Crippen LogP contribution is 2.37. The fraction of sp³-hybridized carbons (Fsp3) is 0.522. The zero-order valence-electron chi connectivity index (χ0n) is 19.0. The molecule has 0 bridgehead atoms. The molecular weight excluding hydrogens is 430 g/mol. The number of ether oxygens (including phenoxy) is 1. The first kappa shape index (κ1) is 22.6. The number of amides is 3. The number of urea groups is 1. The van der Waals surface area contributed by atoms with Gasteiger partial charge in [0.2, 0.25) is 0 Å². The summed E-state index contributed by atoms with van der Waals surface area (Å²) in [4.78, 5) is 29.4. The van der Waals surface area contributed by atoms with Gasteiger partial charge in [-0.15, -0.1) is 0 Å². The van der Waals surface area contributed by atoms with E-state index in [4.69, 9.17) is 16.3 Å². The van der Waals surface area contributed by atoms with Crippen LogP contribution in [0.5, 0.6) is 5.75 Å². The van der Waals surface area contributed by atoms with Crippen molar-refractivity contribution in [2.45, 2.75) is 38.3 Å². The third kappa shape index (κ3) is 3.97. The highest BCUT2D eigenvalue weighted by atomic mass is 35.5. The summed E-state index contributed by atoms with van der Waals surface area (Å²) in [5.41, 5.74) is 2.01. The Labute approximate surface area is 193 Å². The number of imide groups is 1. The molecule has 3 amide bonds. The SMILES string of the molecule is COc1cccc(C[C@@]2(C3CCN(Cc4c(C)nn(C)c4Cl)CC3)NC(=O)N(C)C2=O)c1. The van der Waals surface area contributed by atoms with Gasteiger partial charge in [0, 0.05) is 32.6 Å². The lowest BCUT2D eigenvalue weighted by Gasteiger charge is -2.41. The molecule has 0 saturated carbocycles. The van der Waals surface area contributed by atoms with Gasteiger partial charge >= 0.3 is 6.03 Å². The van der Waals surface area contributed by atoms with Crippen LogP contribution in [0.15, 0.2) is 24.3 Å². The van der Waals surface area contributed by atoms with Crippen molar-refractivity contribution in [3.63, 3.8) is 0 Å². The number of piperidine rings is 1. The summed E-state index contributed by atoms with van der Waals surface area (Å²) in [6, 6.07) is 7.36. The molecule has 2 aromatic rings. The van der Waals surface area contributed by atoms with Crippen LogP contribution in [0.4, 0.5) is 4.79 Å². The van der Waals surface area contributed by atoms with Gasteiger partial charge in [-0.3, -0.25) is 19.3 Å². The molecule has 1 aromatic carbocycles. The third-order valence-corrected chi connectivity index (χ3v) is 7.35. The average molecular weight is 460 g/mol. The molecule has 1 N–H and O–H groups in total. The van der Waals surface area contributed by atoms with Gasteiger partial charge in [0.25, 0.3) is 5.91 Å². The van der Waals surface area contributed by atoms with E-state index >= 15 is 0 Å². The van der Waals surface area contributed by atoms with Crippen molar-refractivity contribution < 1.29 is 14.3 Å². The van der Waals surface area contributed by atoms with Crippen LogP contribution < -0.4 is 10.1 Å². The van der Waals surface area contributed by atoms with Gasteiger partial charge in [0.1, 0.15) is 16.4 Å². The van der Waals surface area contributed by atoms with Crippen LogP contribution in [0.25, 0.3) is 0 Å². The van der Waals surface area contributed by atoms with E-state index < -0.39 is 5.54 Å². The second-order valence-corrected chi connectivity index (χ2v) is 9.18. The Morgan fingerprint density at radius 3 is 2.53 bits per heavy atom. The van der Waals surface area contributed by atoms with Crippen LogP contribution in [-0.2, 0) is 24.8 Å². The largest absolute Gasteiger partial charge is 0.497 e. The first-order valence-electron chi connectivity index (χ1n) is 10.9. The Morgan fingerprint density at radius 2 is 1.97 bits per heavy atom. The van der Waals surface area contributed by atoms with Crippen molar-refractivity contribution in [2.75, 3.05) is 27.2 Å². The van der Waals surface area contributed by atoms with E-state index in [0.29, 0.717) is 11.6 Å². The number of hydrogen-bond acceptors (Lipinski definition) is 5. The van der Waals surface area contributed by atoms with Crippen molar-refractivity contribution in [1.82, 2.24) is 24.9 Å². The second-order valence-electron chi connectivity index (χ2n) is 8.82. The number of aryl methyl sites for hydroxylation is 2. The van der Waals surface area contributed by atoms with E-state index in [1.54, 1.807) is 18.8 Å². The van der Waals surface area contributed by atoms with Gasteiger partial charge in [0.05, 0.1) is 12.8 Å².